The second-order valence-corrected chi connectivity index (χ2v) is 4.19. The lowest BCUT2D eigenvalue weighted by molar-refractivity contribution is 0.00164. The van der Waals surface area contributed by atoms with E-state index in [1.54, 1.807) is 0 Å². The topological polar surface area (TPSA) is 46.2 Å². The maximum absolute atomic E-state index is 9.76. The Labute approximate surface area is 68.8 Å². The molecule has 0 aromatic heterocycles. The molecule has 0 amide bonds. The summed E-state index contributed by atoms with van der Waals surface area (Å²) in [4.78, 5) is 0. The van der Waals surface area contributed by atoms with Gasteiger partial charge in [-0.3, -0.25) is 0 Å². The van der Waals surface area contributed by atoms with Gasteiger partial charge in [-0.25, -0.2) is 0 Å². The molecular formula is C9H19NO. The van der Waals surface area contributed by atoms with Crippen LogP contribution in [0.3, 0.4) is 0 Å². The predicted octanol–water partition coefficient (Wildman–Crippen LogP) is 1.13. The van der Waals surface area contributed by atoms with Gasteiger partial charge in [0.25, 0.3) is 0 Å². The molecule has 0 radical (unpaired) electrons. The van der Waals surface area contributed by atoms with E-state index >= 15 is 0 Å². The Hall–Kier alpha value is -0.0800. The maximum Gasteiger partial charge on any atom is 0.0622 e. The molecule has 0 heterocycles. The van der Waals surface area contributed by atoms with Gasteiger partial charge in [0.2, 0.25) is 0 Å². The molecule has 0 aromatic carbocycles. The molecule has 11 heavy (non-hydrogen) atoms. The van der Waals surface area contributed by atoms with E-state index in [9.17, 15) is 5.11 Å². The molecule has 0 saturated heterocycles. The third kappa shape index (κ3) is 1.94. The number of rotatable bonds is 2. The van der Waals surface area contributed by atoms with Gasteiger partial charge < -0.3 is 10.8 Å². The second-order valence-electron chi connectivity index (χ2n) is 4.19. The third-order valence-electron chi connectivity index (χ3n) is 2.87. The fourth-order valence-corrected chi connectivity index (χ4v) is 2.25. The number of nitrogens with two attached hydrogens (primary N) is 1. The molecule has 0 aromatic rings. The summed E-state index contributed by atoms with van der Waals surface area (Å²) >= 11 is 0. The largest absolute Gasteiger partial charge is 0.390 e. The van der Waals surface area contributed by atoms with E-state index in [2.05, 4.69) is 0 Å². The molecular weight excluding hydrogens is 138 g/mol. The minimum absolute atomic E-state index is 0.424. The molecule has 1 rings (SSSR count). The van der Waals surface area contributed by atoms with Gasteiger partial charge >= 0.3 is 0 Å². The summed E-state index contributed by atoms with van der Waals surface area (Å²) < 4.78 is 0. The summed E-state index contributed by atoms with van der Waals surface area (Å²) in [5, 5.41) is 9.76. The van der Waals surface area contributed by atoms with Crippen molar-refractivity contribution in [2.24, 2.45) is 17.6 Å². The molecule has 0 aliphatic heterocycles. The number of aliphatic hydroxyl groups is 1. The van der Waals surface area contributed by atoms with Gasteiger partial charge in [0.15, 0.2) is 0 Å². The predicted molar refractivity (Wildman–Crippen MR) is 46.2 cm³/mol. The van der Waals surface area contributed by atoms with Crippen molar-refractivity contribution in [1.29, 1.82) is 0 Å². The summed E-state index contributed by atoms with van der Waals surface area (Å²) in [6, 6.07) is 0. The van der Waals surface area contributed by atoms with E-state index in [-0.39, 0.29) is 0 Å². The monoisotopic (exact) mass is 157 g/mol. The van der Waals surface area contributed by atoms with Crippen LogP contribution in [0, 0.1) is 11.8 Å². The highest BCUT2D eigenvalue weighted by molar-refractivity contribution is 4.88. The lowest BCUT2D eigenvalue weighted by Crippen LogP contribution is -2.36. The van der Waals surface area contributed by atoms with Gasteiger partial charge in [-0.2, -0.15) is 0 Å². The van der Waals surface area contributed by atoms with Crippen LogP contribution in [0.1, 0.15) is 33.1 Å². The summed E-state index contributed by atoms with van der Waals surface area (Å²) in [5.41, 5.74) is 5.08. The first-order chi connectivity index (χ1) is 5.05. The van der Waals surface area contributed by atoms with Crippen molar-refractivity contribution in [3.63, 3.8) is 0 Å². The molecule has 1 fully saturated rings. The lowest BCUT2D eigenvalue weighted by atomic mass is 9.83. The normalized spacial score (nSPS) is 32.7. The zero-order chi connectivity index (χ0) is 8.48. The van der Waals surface area contributed by atoms with Gasteiger partial charge in [-0.15, -0.1) is 0 Å². The average Bonchev–Trinajstić information content (AvgIpc) is 2.31. The standard InChI is InChI=1S/C9H19NO/c1-9(2,11)8-5-3-4-7(8)6-10/h7-8,11H,3-6,10H2,1-2H3. The van der Waals surface area contributed by atoms with E-state index < -0.39 is 5.60 Å². The van der Waals surface area contributed by atoms with Crippen LogP contribution in [0.25, 0.3) is 0 Å². The Morgan fingerprint density at radius 2 is 2.09 bits per heavy atom. The molecule has 1 aliphatic carbocycles. The lowest BCUT2D eigenvalue weighted by Gasteiger charge is -2.30. The van der Waals surface area contributed by atoms with Crippen molar-refractivity contribution in [1.82, 2.24) is 0 Å². The van der Waals surface area contributed by atoms with Gasteiger partial charge in [-0.05, 0) is 45.1 Å². The van der Waals surface area contributed by atoms with Crippen LogP contribution in [0.5, 0.6) is 0 Å². The van der Waals surface area contributed by atoms with Crippen LogP contribution in [0.2, 0.25) is 0 Å². The van der Waals surface area contributed by atoms with Gasteiger partial charge in [-0.1, -0.05) is 6.42 Å². The molecule has 2 atom stereocenters. The third-order valence-corrected chi connectivity index (χ3v) is 2.87. The fraction of sp³-hybridized carbons (Fsp3) is 1.00. The van der Waals surface area contributed by atoms with Crippen LogP contribution < -0.4 is 5.73 Å². The summed E-state index contributed by atoms with van der Waals surface area (Å²) in [6.07, 6.45) is 3.58. The number of hydrogen-bond donors (Lipinski definition) is 2. The van der Waals surface area contributed by atoms with E-state index in [4.69, 9.17) is 5.73 Å². The van der Waals surface area contributed by atoms with E-state index in [0.717, 1.165) is 13.0 Å². The van der Waals surface area contributed by atoms with Crippen molar-refractivity contribution >= 4 is 0 Å². The zero-order valence-electron chi connectivity index (χ0n) is 7.51. The first-order valence-corrected chi connectivity index (χ1v) is 4.48. The van der Waals surface area contributed by atoms with Crippen LogP contribution in [-0.2, 0) is 0 Å². The van der Waals surface area contributed by atoms with E-state index in [0.29, 0.717) is 11.8 Å². The van der Waals surface area contributed by atoms with E-state index in [1.165, 1.54) is 12.8 Å². The Balaban J connectivity index is 2.57. The Kier molecular flexibility index (Phi) is 2.55. The Morgan fingerprint density at radius 3 is 2.45 bits per heavy atom. The molecule has 2 nitrogen and oxygen atoms in total. The second kappa shape index (κ2) is 3.11. The Bertz CT molecular complexity index is 128. The highest BCUT2D eigenvalue weighted by Crippen LogP contribution is 2.38. The molecule has 2 unspecified atom stereocenters. The molecule has 0 bridgehead atoms. The molecule has 1 saturated carbocycles. The smallest absolute Gasteiger partial charge is 0.0622 e. The zero-order valence-corrected chi connectivity index (χ0v) is 7.51. The fourth-order valence-electron chi connectivity index (χ4n) is 2.25. The van der Waals surface area contributed by atoms with Crippen LogP contribution in [0.4, 0.5) is 0 Å². The average molecular weight is 157 g/mol. The van der Waals surface area contributed by atoms with Crippen molar-refractivity contribution < 1.29 is 5.11 Å². The van der Waals surface area contributed by atoms with Gasteiger partial charge in [0, 0.05) is 0 Å². The molecule has 3 N–H and O–H groups in total. The highest BCUT2D eigenvalue weighted by atomic mass is 16.3. The highest BCUT2D eigenvalue weighted by Gasteiger charge is 2.36. The van der Waals surface area contributed by atoms with Crippen LogP contribution in [0.15, 0.2) is 0 Å². The van der Waals surface area contributed by atoms with Crippen molar-refractivity contribution in [3.8, 4) is 0 Å². The number of hydrogen-bond acceptors (Lipinski definition) is 2. The minimum atomic E-state index is -0.527. The first-order valence-electron chi connectivity index (χ1n) is 4.48. The maximum atomic E-state index is 9.76. The van der Waals surface area contributed by atoms with Crippen molar-refractivity contribution in [2.75, 3.05) is 6.54 Å². The summed E-state index contributed by atoms with van der Waals surface area (Å²) in [5.74, 6) is 0.975. The quantitative estimate of drug-likeness (QED) is 0.631. The SMILES string of the molecule is CC(C)(O)C1CCCC1CN. The molecule has 0 spiro atoms. The molecule has 66 valence electrons. The van der Waals surface area contributed by atoms with Crippen LogP contribution >= 0.6 is 0 Å². The van der Waals surface area contributed by atoms with Crippen LogP contribution in [-0.4, -0.2) is 17.3 Å². The summed E-state index contributed by atoms with van der Waals surface area (Å²) in [7, 11) is 0. The summed E-state index contributed by atoms with van der Waals surface area (Å²) in [6.45, 7) is 4.52. The van der Waals surface area contributed by atoms with Gasteiger partial charge in [0.1, 0.15) is 0 Å². The minimum Gasteiger partial charge on any atom is -0.390 e. The van der Waals surface area contributed by atoms with Crippen molar-refractivity contribution in [3.05, 3.63) is 0 Å². The molecule has 1 aliphatic rings. The molecule has 2 heteroatoms. The van der Waals surface area contributed by atoms with E-state index in [1.807, 2.05) is 13.8 Å². The van der Waals surface area contributed by atoms with Crippen molar-refractivity contribution in [2.45, 2.75) is 38.7 Å². The van der Waals surface area contributed by atoms with Gasteiger partial charge in [0.05, 0.1) is 5.60 Å². The Morgan fingerprint density at radius 1 is 1.45 bits per heavy atom. The first kappa shape index (κ1) is 9.01.